The number of nitrogens with zero attached hydrogens (tertiary/aromatic N) is 4. The summed E-state index contributed by atoms with van der Waals surface area (Å²) in [5, 5.41) is 14.4. The average Bonchev–Trinajstić information content (AvgIpc) is 3.15. The molecule has 5 nitrogen and oxygen atoms in total. The van der Waals surface area contributed by atoms with Gasteiger partial charge in [0.05, 0.1) is 6.54 Å². The molecule has 0 bridgehead atoms. The lowest BCUT2D eigenvalue weighted by molar-refractivity contribution is 0.799. The van der Waals surface area contributed by atoms with Crippen LogP contribution in [0.5, 0.6) is 0 Å². The summed E-state index contributed by atoms with van der Waals surface area (Å²) in [4.78, 5) is 4.44. The molecule has 108 valence electrons. The van der Waals surface area contributed by atoms with Gasteiger partial charge >= 0.3 is 0 Å². The Bertz CT molecular complexity index is 705. The van der Waals surface area contributed by atoms with Crippen LogP contribution in [0.2, 0.25) is 0 Å². The van der Waals surface area contributed by atoms with Crippen LogP contribution < -0.4 is 5.32 Å². The van der Waals surface area contributed by atoms with Crippen molar-refractivity contribution in [3.05, 3.63) is 41.2 Å². The van der Waals surface area contributed by atoms with Gasteiger partial charge in [-0.1, -0.05) is 55.5 Å². The minimum Gasteiger partial charge on any atom is -0.354 e. The van der Waals surface area contributed by atoms with E-state index in [1.807, 2.05) is 30.3 Å². The Hall–Kier alpha value is -1.86. The van der Waals surface area contributed by atoms with Gasteiger partial charge in [0.15, 0.2) is 0 Å². The third-order valence-corrected chi connectivity index (χ3v) is 4.50. The fourth-order valence-corrected chi connectivity index (χ4v) is 3.20. The SMILES string of the molecule is CC(C)c1nsc(NCc2nnc(-c3ccccc3)s2)n1. The lowest BCUT2D eigenvalue weighted by atomic mass is 10.2. The largest absolute Gasteiger partial charge is 0.354 e. The van der Waals surface area contributed by atoms with E-state index in [0.29, 0.717) is 12.5 Å². The van der Waals surface area contributed by atoms with Gasteiger partial charge in [0.1, 0.15) is 15.8 Å². The second-order valence-electron chi connectivity index (χ2n) is 4.83. The average molecular weight is 317 g/mol. The van der Waals surface area contributed by atoms with Crippen molar-refractivity contribution in [2.45, 2.75) is 26.3 Å². The second-order valence-corrected chi connectivity index (χ2v) is 6.65. The molecular formula is C14H15N5S2. The Labute approximate surface area is 131 Å². The van der Waals surface area contributed by atoms with Crippen LogP contribution in [0.25, 0.3) is 10.6 Å². The second kappa shape index (κ2) is 6.28. The lowest BCUT2D eigenvalue weighted by Crippen LogP contribution is -1.99. The summed E-state index contributed by atoms with van der Waals surface area (Å²) < 4.78 is 4.32. The van der Waals surface area contributed by atoms with E-state index in [9.17, 15) is 0 Å². The summed E-state index contributed by atoms with van der Waals surface area (Å²) in [6.07, 6.45) is 0. The van der Waals surface area contributed by atoms with Gasteiger partial charge in [0.25, 0.3) is 0 Å². The van der Waals surface area contributed by atoms with Gasteiger partial charge < -0.3 is 5.32 Å². The lowest BCUT2D eigenvalue weighted by Gasteiger charge is -1.97. The van der Waals surface area contributed by atoms with Gasteiger partial charge in [0.2, 0.25) is 5.13 Å². The van der Waals surface area contributed by atoms with Gasteiger partial charge in [-0.2, -0.15) is 4.37 Å². The topological polar surface area (TPSA) is 63.6 Å². The molecular weight excluding hydrogens is 302 g/mol. The predicted molar refractivity (Wildman–Crippen MR) is 86.7 cm³/mol. The van der Waals surface area contributed by atoms with Gasteiger partial charge in [-0.05, 0) is 0 Å². The molecule has 3 aromatic rings. The first-order valence-corrected chi connectivity index (χ1v) is 8.26. The Morgan fingerprint density at radius 2 is 1.95 bits per heavy atom. The Kier molecular flexibility index (Phi) is 4.21. The van der Waals surface area contributed by atoms with E-state index in [1.54, 1.807) is 11.3 Å². The molecule has 1 N–H and O–H groups in total. The highest BCUT2D eigenvalue weighted by molar-refractivity contribution is 7.14. The normalized spacial score (nSPS) is 11.0. The van der Waals surface area contributed by atoms with E-state index in [4.69, 9.17) is 0 Å². The van der Waals surface area contributed by atoms with Crippen LogP contribution in [0.15, 0.2) is 30.3 Å². The first-order valence-electron chi connectivity index (χ1n) is 6.67. The summed E-state index contributed by atoms with van der Waals surface area (Å²) in [6.45, 7) is 4.79. The Balaban J connectivity index is 1.65. The molecule has 21 heavy (non-hydrogen) atoms. The minimum atomic E-state index is 0.350. The first kappa shape index (κ1) is 14.1. The van der Waals surface area contributed by atoms with Crippen LogP contribution in [0.1, 0.15) is 30.6 Å². The molecule has 0 saturated heterocycles. The summed E-state index contributed by atoms with van der Waals surface area (Å²) in [7, 11) is 0. The number of hydrogen-bond donors (Lipinski definition) is 1. The molecule has 3 rings (SSSR count). The highest BCUT2D eigenvalue weighted by Gasteiger charge is 2.09. The summed E-state index contributed by atoms with van der Waals surface area (Å²) >= 11 is 2.97. The number of aromatic nitrogens is 4. The van der Waals surface area contributed by atoms with Crippen molar-refractivity contribution >= 4 is 28.0 Å². The van der Waals surface area contributed by atoms with Crippen LogP contribution in [-0.2, 0) is 6.54 Å². The van der Waals surface area contributed by atoms with Gasteiger partial charge in [-0.25, -0.2) is 4.98 Å². The van der Waals surface area contributed by atoms with E-state index in [1.165, 1.54) is 11.5 Å². The van der Waals surface area contributed by atoms with E-state index in [0.717, 1.165) is 26.5 Å². The van der Waals surface area contributed by atoms with Crippen molar-refractivity contribution in [2.75, 3.05) is 5.32 Å². The molecule has 1 aromatic carbocycles. The summed E-state index contributed by atoms with van der Waals surface area (Å²) in [6, 6.07) is 10.1. The Morgan fingerprint density at radius 3 is 2.67 bits per heavy atom. The highest BCUT2D eigenvalue weighted by atomic mass is 32.1. The molecule has 0 spiro atoms. The van der Waals surface area contributed by atoms with Crippen molar-refractivity contribution in [1.29, 1.82) is 0 Å². The Morgan fingerprint density at radius 1 is 1.14 bits per heavy atom. The molecule has 0 aliphatic heterocycles. The molecule has 2 heterocycles. The van der Waals surface area contributed by atoms with E-state index >= 15 is 0 Å². The summed E-state index contributed by atoms with van der Waals surface area (Å²) in [5.41, 5.74) is 1.10. The first-order chi connectivity index (χ1) is 10.2. The van der Waals surface area contributed by atoms with Crippen molar-refractivity contribution in [1.82, 2.24) is 19.6 Å². The summed E-state index contributed by atoms with van der Waals surface area (Å²) in [5.74, 6) is 1.23. The van der Waals surface area contributed by atoms with Gasteiger partial charge in [-0.3, -0.25) is 0 Å². The highest BCUT2D eigenvalue weighted by Crippen LogP contribution is 2.24. The number of benzene rings is 1. The van der Waals surface area contributed by atoms with Crippen LogP contribution in [-0.4, -0.2) is 19.6 Å². The number of rotatable bonds is 5. The minimum absolute atomic E-state index is 0.350. The van der Waals surface area contributed by atoms with Crippen LogP contribution >= 0.6 is 22.9 Å². The molecule has 0 amide bonds. The fourth-order valence-electron chi connectivity index (χ4n) is 1.71. The molecule has 7 heteroatoms. The predicted octanol–water partition coefficient (Wildman–Crippen LogP) is 3.79. The van der Waals surface area contributed by atoms with Gasteiger partial charge in [0, 0.05) is 23.0 Å². The number of anilines is 1. The maximum absolute atomic E-state index is 4.44. The van der Waals surface area contributed by atoms with Crippen molar-refractivity contribution in [2.24, 2.45) is 0 Å². The zero-order chi connectivity index (χ0) is 14.7. The van der Waals surface area contributed by atoms with Crippen molar-refractivity contribution < 1.29 is 0 Å². The zero-order valence-corrected chi connectivity index (χ0v) is 13.4. The quantitative estimate of drug-likeness (QED) is 0.775. The zero-order valence-electron chi connectivity index (χ0n) is 11.8. The standard InChI is InChI=1S/C14H15N5S2/c1-9(2)12-16-14(21-19-12)15-8-11-17-18-13(20-11)10-6-4-3-5-7-10/h3-7,9H,8H2,1-2H3,(H,15,16,19). The fraction of sp³-hybridized carbons (Fsp3) is 0.286. The van der Waals surface area contributed by atoms with Crippen LogP contribution in [0.3, 0.4) is 0 Å². The van der Waals surface area contributed by atoms with Crippen LogP contribution in [0.4, 0.5) is 5.13 Å². The van der Waals surface area contributed by atoms with E-state index in [-0.39, 0.29) is 0 Å². The smallest absolute Gasteiger partial charge is 0.202 e. The maximum Gasteiger partial charge on any atom is 0.202 e. The molecule has 0 aliphatic carbocycles. The number of nitrogens with one attached hydrogen (secondary N) is 1. The number of hydrogen-bond acceptors (Lipinski definition) is 7. The molecule has 0 saturated carbocycles. The molecule has 0 radical (unpaired) electrons. The monoisotopic (exact) mass is 317 g/mol. The van der Waals surface area contributed by atoms with Gasteiger partial charge in [-0.15, -0.1) is 10.2 Å². The molecule has 0 aliphatic rings. The molecule has 0 atom stereocenters. The van der Waals surface area contributed by atoms with E-state index < -0.39 is 0 Å². The van der Waals surface area contributed by atoms with E-state index in [2.05, 4.69) is 38.7 Å². The maximum atomic E-state index is 4.44. The molecule has 0 fully saturated rings. The molecule has 2 aromatic heterocycles. The third-order valence-electron chi connectivity index (χ3n) is 2.84. The van der Waals surface area contributed by atoms with Crippen molar-refractivity contribution in [3.8, 4) is 10.6 Å². The molecule has 0 unspecified atom stereocenters. The van der Waals surface area contributed by atoms with Crippen molar-refractivity contribution in [3.63, 3.8) is 0 Å². The third kappa shape index (κ3) is 3.43. The van der Waals surface area contributed by atoms with Crippen LogP contribution in [0, 0.1) is 0 Å².